The van der Waals surface area contributed by atoms with E-state index in [0.29, 0.717) is 18.4 Å². The number of unbranched alkanes of at least 4 members (excludes halogenated alkanes) is 1. The van der Waals surface area contributed by atoms with Crippen LogP contribution in [0.15, 0.2) is 12.3 Å². The summed E-state index contributed by atoms with van der Waals surface area (Å²) in [4.78, 5) is 16.9. The maximum absolute atomic E-state index is 13.7. The standard InChI is InChI=1S/C20H20Cl2F3NO4/c1-5-6-7-10-8-12(28-2)17(29-3)18(30-4)13(10)16(27)14-11(21)9-26-19(22)15(14)20(23,24)25/h8-9H,5-7H2,1-4H3. The first-order chi connectivity index (χ1) is 14.1. The number of benzene rings is 1. The number of aromatic nitrogens is 1. The normalized spacial score (nSPS) is 11.4. The molecule has 0 unspecified atom stereocenters. The summed E-state index contributed by atoms with van der Waals surface area (Å²) >= 11 is 11.7. The van der Waals surface area contributed by atoms with E-state index in [9.17, 15) is 18.0 Å². The van der Waals surface area contributed by atoms with Crippen LogP contribution in [0.5, 0.6) is 17.2 Å². The zero-order chi connectivity index (χ0) is 22.6. The van der Waals surface area contributed by atoms with Crippen LogP contribution in [0.1, 0.15) is 46.8 Å². The molecule has 30 heavy (non-hydrogen) atoms. The third-order valence-electron chi connectivity index (χ3n) is 4.44. The lowest BCUT2D eigenvalue weighted by Gasteiger charge is -2.21. The maximum atomic E-state index is 13.7. The summed E-state index contributed by atoms with van der Waals surface area (Å²) in [6.07, 6.45) is -2.18. The summed E-state index contributed by atoms with van der Waals surface area (Å²) in [5, 5.41) is -1.35. The molecule has 10 heteroatoms. The van der Waals surface area contributed by atoms with Gasteiger partial charge in [0.05, 0.1) is 37.5 Å². The van der Waals surface area contributed by atoms with Gasteiger partial charge in [0.25, 0.3) is 0 Å². The molecule has 0 spiro atoms. The molecule has 0 saturated heterocycles. The SMILES string of the molecule is CCCCc1cc(OC)c(OC)c(OC)c1C(=O)c1c(Cl)cnc(Cl)c1C(F)(F)F. The van der Waals surface area contributed by atoms with Gasteiger partial charge in [-0.05, 0) is 24.5 Å². The van der Waals surface area contributed by atoms with Gasteiger partial charge in [0.2, 0.25) is 5.75 Å². The van der Waals surface area contributed by atoms with Gasteiger partial charge in [-0.1, -0.05) is 36.5 Å². The van der Waals surface area contributed by atoms with Crippen molar-refractivity contribution in [2.24, 2.45) is 0 Å². The molecule has 0 aliphatic heterocycles. The fraction of sp³-hybridized carbons (Fsp3) is 0.400. The van der Waals surface area contributed by atoms with Crippen molar-refractivity contribution in [1.82, 2.24) is 4.98 Å². The molecule has 1 aromatic carbocycles. The highest BCUT2D eigenvalue weighted by atomic mass is 35.5. The van der Waals surface area contributed by atoms with Crippen molar-refractivity contribution in [3.8, 4) is 17.2 Å². The first-order valence-corrected chi connectivity index (χ1v) is 9.65. The minimum absolute atomic E-state index is 0.0509. The zero-order valence-corrected chi connectivity index (χ0v) is 18.3. The van der Waals surface area contributed by atoms with Gasteiger partial charge in [-0.15, -0.1) is 0 Å². The lowest BCUT2D eigenvalue weighted by molar-refractivity contribution is -0.138. The number of methoxy groups -OCH3 is 3. The van der Waals surface area contributed by atoms with E-state index in [-0.39, 0.29) is 22.8 Å². The Morgan fingerprint density at radius 2 is 1.70 bits per heavy atom. The highest BCUT2D eigenvalue weighted by Crippen LogP contribution is 2.46. The van der Waals surface area contributed by atoms with Crippen LogP contribution < -0.4 is 14.2 Å². The third kappa shape index (κ3) is 4.59. The maximum Gasteiger partial charge on any atom is 0.420 e. The second kappa shape index (κ2) is 9.75. The highest BCUT2D eigenvalue weighted by Gasteiger charge is 2.41. The lowest BCUT2D eigenvalue weighted by atomic mass is 9.91. The first-order valence-electron chi connectivity index (χ1n) is 8.89. The van der Waals surface area contributed by atoms with Gasteiger partial charge in [0, 0.05) is 6.20 Å². The van der Waals surface area contributed by atoms with Crippen molar-refractivity contribution in [1.29, 1.82) is 0 Å². The van der Waals surface area contributed by atoms with Crippen LogP contribution in [0, 0.1) is 0 Å². The number of nitrogens with zero attached hydrogens (tertiary/aromatic N) is 1. The van der Waals surface area contributed by atoms with E-state index in [1.54, 1.807) is 6.07 Å². The molecule has 0 radical (unpaired) electrons. The number of alkyl halides is 3. The minimum Gasteiger partial charge on any atom is -0.493 e. The van der Waals surface area contributed by atoms with Gasteiger partial charge in [0.15, 0.2) is 17.3 Å². The van der Waals surface area contributed by atoms with Crippen molar-refractivity contribution in [2.75, 3.05) is 21.3 Å². The Morgan fingerprint density at radius 3 is 2.20 bits per heavy atom. The van der Waals surface area contributed by atoms with Crippen molar-refractivity contribution in [3.63, 3.8) is 0 Å². The molecule has 164 valence electrons. The summed E-state index contributed by atoms with van der Waals surface area (Å²) < 4.78 is 57.1. The molecule has 0 bridgehead atoms. The Morgan fingerprint density at radius 1 is 1.07 bits per heavy atom. The van der Waals surface area contributed by atoms with Gasteiger partial charge in [-0.3, -0.25) is 4.79 Å². The van der Waals surface area contributed by atoms with Crippen molar-refractivity contribution in [2.45, 2.75) is 32.4 Å². The minimum atomic E-state index is -4.95. The van der Waals surface area contributed by atoms with Crippen LogP contribution in [0.4, 0.5) is 13.2 Å². The molecule has 0 atom stereocenters. The van der Waals surface area contributed by atoms with E-state index in [2.05, 4.69) is 4.98 Å². The van der Waals surface area contributed by atoms with Crippen molar-refractivity contribution in [3.05, 3.63) is 44.7 Å². The van der Waals surface area contributed by atoms with Crippen LogP contribution in [-0.4, -0.2) is 32.1 Å². The number of halogens is 5. The number of rotatable bonds is 8. The number of aryl methyl sites for hydroxylation is 1. The number of hydrogen-bond donors (Lipinski definition) is 0. The first kappa shape index (κ1) is 24.1. The Kier molecular flexibility index (Phi) is 7.82. The number of pyridine rings is 1. The van der Waals surface area contributed by atoms with Crippen LogP contribution in [0.2, 0.25) is 10.2 Å². The summed E-state index contributed by atoms with van der Waals surface area (Å²) in [6, 6.07) is 1.55. The molecule has 5 nitrogen and oxygen atoms in total. The summed E-state index contributed by atoms with van der Waals surface area (Å²) in [6.45, 7) is 1.95. The van der Waals surface area contributed by atoms with E-state index in [0.717, 1.165) is 12.6 Å². The van der Waals surface area contributed by atoms with Crippen LogP contribution in [-0.2, 0) is 12.6 Å². The average molecular weight is 466 g/mol. The lowest BCUT2D eigenvalue weighted by Crippen LogP contribution is -2.18. The zero-order valence-electron chi connectivity index (χ0n) is 16.7. The van der Waals surface area contributed by atoms with Gasteiger partial charge in [-0.2, -0.15) is 13.2 Å². The van der Waals surface area contributed by atoms with Crippen LogP contribution >= 0.6 is 23.2 Å². The molecule has 1 heterocycles. The number of ketones is 1. The quantitative estimate of drug-likeness (QED) is 0.353. The monoisotopic (exact) mass is 465 g/mol. The molecular formula is C20H20Cl2F3NO4. The topological polar surface area (TPSA) is 57.7 Å². The number of ether oxygens (including phenoxy) is 3. The summed E-state index contributed by atoms with van der Waals surface area (Å²) in [7, 11) is 4.02. The predicted octanol–water partition coefficient (Wildman–Crippen LogP) is 6.01. The Labute approximate surface area is 182 Å². The fourth-order valence-corrected chi connectivity index (χ4v) is 3.57. The Bertz CT molecular complexity index is 949. The van der Waals surface area contributed by atoms with Gasteiger partial charge >= 0.3 is 6.18 Å². The van der Waals surface area contributed by atoms with E-state index < -0.39 is 33.3 Å². The van der Waals surface area contributed by atoms with Crippen LogP contribution in [0.25, 0.3) is 0 Å². The highest BCUT2D eigenvalue weighted by molar-refractivity contribution is 6.37. The predicted molar refractivity (Wildman–Crippen MR) is 107 cm³/mol. The molecule has 0 fully saturated rings. The largest absolute Gasteiger partial charge is 0.493 e. The van der Waals surface area contributed by atoms with E-state index in [1.807, 2.05) is 6.92 Å². The van der Waals surface area contributed by atoms with Crippen molar-refractivity contribution < 1.29 is 32.2 Å². The molecule has 0 amide bonds. The Balaban J connectivity index is 2.90. The summed E-state index contributed by atoms with van der Waals surface area (Å²) in [5.74, 6) is -0.689. The van der Waals surface area contributed by atoms with Gasteiger partial charge < -0.3 is 14.2 Å². The molecule has 0 saturated carbocycles. The van der Waals surface area contributed by atoms with Crippen molar-refractivity contribution >= 4 is 29.0 Å². The summed E-state index contributed by atoms with van der Waals surface area (Å²) in [5.41, 5.74) is -1.86. The number of hydrogen-bond acceptors (Lipinski definition) is 5. The average Bonchev–Trinajstić information content (AvgIpc) is 2.70. The van der Waals surface area contributed by atoms with E-state index in [4.69, 9.17) is 37.4 Å². The van der Waals surface area contributed by atoms with E-state index in [1.165, 1.54) is 21.3 Å². The molecule has 1 aromatic heterocycles. The van der Waals surface area contributed by atoms with Gasteiger partial charge in [0.1, 0.15) is 10.7 Å². The smallest absolute Gasteiger partial charge is 0.420 e. The molecule has 0 aliphatic carbocycles. The fourth-order valence-electron chi connectivity index (χ4n) is 3.09. The molecule has 2 aromatic rings. The number of carbonyl (C=O) groups is 1. The molecule has 0 N–H and O–H groups in total. The van der Waals surface area contributed by atoms with E-state index >= 15 is 0 Å². The molecular weight excluding hydrogens is 446 g/mol. The number of carbonyl (C=O) groups excluding carboxylic acids is 1. The Hall–Kier alpha value is -2.19. The second-order valence-corrected chi connectivity index (χ2v) is 7.02. The van der Waals surface area contributed by atoms with Crippen LogP contribution in [0.3, 0.4) is 0 Å². The molecule has 2 rings (SSSR count). The molecule has 0 aliphatic rings. The second-order valence-electron chi connectivity index (χ2n) is 6.26. The van der Waals surface area contributed by atoms with Gasteiger partial charge in [-0.25, -0.2) is 4.98 Å². The third-order valence-corrected chi connectivity index (χ3v) is 5.01.